The minimum atomic E-state index is 0.994. The van der Waals surface area contributed by atoms with Gasteiger partial charge in [0.2, 0.25) is 0 Å². The van der Waals surface area contributed by atoms with Gasteiger partial charge in [0, 0.05) is 16.5 Å². The maximum absolute atomic E-state index is 4.96. The number of nitrogens with zero attached hydrogens (tertiary/aromatic N) is 2. The second-order valence-electron chi connectivity index (χ2n) is 9.61. The van der Waals surface area contributed by atoms with Crippen LogP contribution in [0.15, 0.2) is 72.8 Å². The molecule has 0 unspecified atom stereocenters. The first-order chi connectivity index (χ1) is 16.2. The summed E-state index contributed by atoms with van der Waals surface area (Å²) >= 11 is 0. The zero-order valence-corrected chi connectivity index (χ0v) is 18.7. The largest absolute Gasteiger partial charge is 0.296 e. The van der Waals surface area contributed by atoms with Gasteiger partial charge in [-0.25, -0.2) is 4.98 Å². The van der Waals surface area contributed by atoms with Crippen molar-refractivity contribution in [3.63, 3.8) is 0 Å². The summed E-state index contributed by atoms with van der Waals surface area (Å²) in [5.41, 5.74) is 16.3. The van der Waals surface area contributed by atoms with E-state index in [0.29, 0.717) is 0 Å². The van der Waals surface area contributed by atoms with E-state index in [4.69, 9.17) is 4.98 Å². The van der Waals surface area contributed by atoms with Gasteiger partial charge in [-0.3, -0.25) is 4.40 Å². The van der Waals surface area contributed by atoms with Gasteiger partial charge in [-0.2, -0.15) is 0 Å². The predicted octanol–water partition coefficient (Wildman–Crippen LogP) is 7.40. The average Bonchev–Trinajstić information content (AvgIpc) is 3.50. The quantitative estimate of drug-likeness (QED) is 0.233. The average molecular weight is 423 g/mol. The summed E-state index contributed by atoms with van der Waals surface area (Å²) in [4.78, 5) is 4.96. The molecule has 2 heterocycles. The fourth-order valence-corrected chi connectivity index (χ4v) is 6.46. The van der Waals surface area contributed by atoms with Crippen molar-refractivity contribution >= 4 is 27.3 Å². The number of aryl methyl sites for hydroxylation is 2. The molecule has 0 fully saturated rings. The molecule has 0 radical (unpaired) electrons. The van der Waals surface area contributed by atoms with Crippen LogP contribution in [0.3, 0.4) is 0 Å². The lowest BCUT2D eigenvalue weighted by atomic mass is 9.94. The van der Waals surface area contributed by atoms with E-state index in [-0.39, 0.29) is 0 Å². The van der Waals surface area contributed by atoms with Crippen LogP contribution in [0.5, 0.6) is 0 Å². The Balaban J connectivity index is 1.51. The highest BCUT2D eigenvalue weighted by Gasteiger charge is 2.30. The maximum Gasteiger partial charge on any atom is 0.145 e. The van der Waals surface area contributed by atoms with Crippen molar-refractivity contribution in [1.82, 2.24) is 9.38 Å². The highest BCUT2D eigenvalue weighted by Crippen LogP contribution is 2.50. The second-order valence-corrected chi connectivity index (χ2v) is 9.61. The summed E-state index contributed by atoms with van der Waals surface area (Å²) in [6, 6.07) is 27.1. The number of rotatable bonds is 0. The molecule has 0 aliphatic heterocycles. The van der Waals surface area contributed by atoms with Crippen molar-refractivity contribution in [3.8, 4) is 22.3 Å². The lowest BCUT2D eigenvalue weighted by Gasteiger charge is -2.14. The Labute approximate surface area is 192 Å². The second kappa shape index (κ2) is 5.90. The number of hydrogen-bond acceptors (Lipinski definition) is 1. The Hall–Kier alpha value is -3.91. The fourth-order valence-electron chi connectivity index (χ4n) is 6.46. The molecular formula is C31H22N2. The summed E-state index contributed by atoms with van der Waals surface area (Å²) in [6.45, 7) is 4.31. The number of pyridine rings is 1. The van der Waals surface area contributed by atoms with Crippen LogP contribution in [-0.4, -0.2) is 9.38 Å². The van der Waals surface area contributed by atoms with Crippen LogP contribution < -0.4 is 0 Å². The highest BCUT2D eigenvalue weighted by atomic mass is 15.0. The van der Waals surface area contributed by atoms with Gasteiger partial charge < -0.3 is 0 Å². The van der Waals surface area contributed by atoms with Crippen LogP contribution in [0.1, 0.15) is 33.6 Å². The number of hydrogen-bond donors (Lipinski definition) is 0. The molecule has 2 heteroatoms. The van der Waals surface area contributed by atoms with Gasteiger partial charge in [0.1, 0.15) is 5.65 Å². The molecule has 0 amide bonds. The predicted molar refractivity (Wildman–Crippen MR) is 136 cm³/mol. The van der Waals surface area contributed by atoms with Crippen LogP contribution in [0, 0.1) is 13.8 Å². The van der Waals surface area contributed by atoms with Gasteiger partial charge in [-0.15, -0.1) is 0 Å². The van der Waals surface area contributed by atoms with Crippen LogP contribution in [-0.2, 0) is 12.8 Å². The van der Waals surface area contributed by atoms with Crippen LogP contribution in [0.25, 0.3) is 49.6 Å². The van der Waals surface area contributed by atoms with E-state index in [2.05, 4.69) is 91.0 Å². The Morgan fingerprint density at radius 3 is 2.33 bits per heavy atom. The zero-order chi connectivity index (χ0) is 21.8. The van der Waals surface area contributed by atoms with E-state index in [1.54, 1.807) is 0 Å². The van der Waals surface area contributed by atoms with Crippen molar-refractivity contribution in [2.45, 2.75) is 26.7 Å². The minimum absolute atomic E-state index is 0.994. The molecule has 33 heavy (non-hydrogen) atoms. The van der Waals surface area contributed by atoms with Crippen LogP contribution >= 0.6 is 0 Å². The van der Waals surface area contributed by atoms with Crippen molar-refractivity contribution in [2.24, 2.45) is 0 Å². The van der Waals surface area contributed by atoms with Crippen molar-refractivity contribution in [2.75, 3.05) is 0 Å². The van der Waals surface area contributed by atoms with E-state index in [0.717, 1.165) is 24.2 Å². The van der Waals surface area contributed by atoms with E-state index in [1.807, 2.05) is 0 Å². The smallest absolute Gasteiger partial charge is 0.145 e. The molecule has 0 saturated carbocycles. The number of aromatic nitrogens is 2. The molecular weight excluding hydrogens is 400 g/mol. The standard InChI is InChI=1S/C31H22N2/c1-17-18(2)33-28-14-13-24-27(30(28)23-9-5-6-10-25(23)31(33)32-17)16-20-11-12-22-21-8-4-3-7-19(21)15-26(22)29(20)24/h3-14H,15-16H2,1-2H3. The molecule has 6 aromatic rings. The lowest BCUT2D eigenvalue weighted by molar-refractivity contribution is 1.14. The first-order valence-electron chi connectivity index (χ1n) is 11.8. The monoisotopic (exact) mass is 422 g/mol. The van der Waals surface area contributed by atoms with Crippen molar-refractivity contribution < 1.29 is 0 Å². The first-order valence-corrected chi connectivity index (χ1v) is 11.8. The molecule has 4 aromatic carbocycles. The summed E-state index contributed by atoms with van der Waals surface area (Å²) in [5.74, 6) is 0. The highest BCUT2D eigenvalue weighted by molar-refractivity contribution is 6.15. The first kappa shape index (κ1) is 17.6. The van der Waals surface area contributed by atoms with Crippen LogP contribution in [0.4, 0.5) is 0 Å². The number of fused-ring (bicyclic) bond motifs is 14. The molecule has 0 saturated heterocycles. The maximum atomic E-state index is 4.96. The molecule has 2 aliphatic rings. The molecule has 0 spiro atoms. The van der Waals surface area contributed by atoms with E-state index in [9.17, 15) is 0 Å². The van der Waals surface area contributed by atoms with Gasteiger partial charge >= 0.3 is 0 Å². The van der Waals surface area contributed by atoms with E-state index in [1.165, 1.54) is 71.9 Å². The van der Waals surface area contributed by atoms with E-state index >= 15 is 0 Å². The van der Waals surface area contributed by atoms with Gasteiger partial charge in [0.15, 0.2) is 0 Å². The Morgan fingerprint density at radius 1 is 0.667 bits per heavy atom. The Bertz CT molecular complexity index is 1830. The summed E-state index contributed by atoms with van der Waals surface area (Å²) in [7, 11) is 0. The lowest BCUT2D eigenvalue weighted by Crippen LogP contribution is -1.96. The normalized spacial score (nSPS) is 13.5. The van der Waals surface area contributed by atoms with Gasteiger partial charge in [0.05, 0.1) is 11.2 Å². The third-order valence-electron chi connectivity index (χ3n) is 8.02. The molecule has 8 rings (SSSR count). The number of benzene rings is 4. The molecule has 0 N–H and O–H groups in total. The molecule has 0 atom stereocenters. The third kappa shape index (κ3) is 2.07. The molecule has 0 bridgehead atoms. The summed E-state index contributed by atoms with van der Waals surface area (Å²) in [6.07, 6.45) is 2.03. The van der Waals surface area contributed by atoms with Gasteiger partial charge in [0.25, 0.3) is 0 Å². The Kier molecular flexibility index (Phi) is 3.15. The topological polar surface area (TPSA) is 17.3 Å². The molecule has 2 aliphatic carbocycles. The zero-order valence-electron chi connectivity index (χ0n) is 18.7. The van der Waals surface area contributed by atoms with Crippen molar-refractivity contribution in [1.29, 1.82) is 0 Å². The number of imidazole rings is 1. The molecule has 156 valence electrons. The molecule has 2 aromatic heterocycles. The SMILES string of the molecule is Cc1nc2c3ccccc3c3c4c(ccc3n2c1C)-c1c(ccc2c1Cc1ccccc1-2)C4. The summed E-state index contributed by atoms with van der Waals surface area (Å²) in [5, 5.41) is 3.94. The van der Waals surface area contributed by atoms with Crippen molar-refractivity contribution in [3.05, 3.63) is 106 Å². The van der Waals surface area contributed by atoms with Gasteiger partial charge in [-0.05, 0) is 82.6 Å². The van der Waals surface area contributed by atoms with Gasteiger partial charge in [-0.1, -0.05) is 66.7 Å². The summed E-state index contributed by atoms with van der Waals surface area (Å²) < 4.78 is 2.37. The van der Waals surface area contributed by atoms with Crippen LogP contribution in [0.2, 0.25) is 0 Å². The third-order valence-corrected chi connectivity index (χ3v) is 8.02. The van der Waals surface area contributed by atoms with E-state index < -0.39 is 0 Å². The fraction of sp³-hybridized carbons (Fsp3) is 0.129. The Morgan fingerprint density at radius 2 is 1.42 bits per heavy atom. The molecule has 2 nitrogen and oxygen atoms in total. The minimum Gasteiger partial charge on any atom is -0.296 e.